The van der Waals surface area contributed by atoms with E-state index >= 15 is 0 Å². The molecule has 0 fully saturated rings. The second kappa shape index (κ2) is 4.97. The monoisotopic (exact) mass is 236 g/mol. The minimum Gasteiger partial charge on any atom is -0.488 e. The lowest BCUT2D eigenvalue weighted by Gasteiger charge is -2.05. The molecule has 90 valence electrons. The van der Waals surface area contributed by atoms with Crippen molar-refractivity contribution in [3.63, 3.8) is 0 Å². The number of nitrogens with zero attached hydrogens (tertiary/aromatic N) is 2. The van der Waals surface area contributed by atoms with Crippen LogP contribution in [0.2, 0.25) is 0 Å². The summed E-state index contributed by atoms with van der Waals surface area (Å²) >= 11 is 0. The Labute approximate surface area is 98.3 Å². The lowest BCUT2D eigenvalue weighted by atomic mass is 10.3. The van der Waals surface area contributed by atoms with Crippen molar-refractivity contribution < 1.29 is 14.2 Å². The molecule has 2 rings (SSSR count). The predicted octanol–water partition coefficient (Wildman–Crippen LogP) is 1.77. The Balaban J connectivity index is 2.16. The van der Waals surface area contributed by atoms with Gasteiger partial charge in [0.05, 0.1) is 18.5 Å². The number of ether oxygens (including phenoxy) is 1. The SMILES string of the molecule is CC(O)COc1cnn(-c2ccccc2F)c1. The average molecular weight is 236 g/mol. The van der Waals surface area contributed by atoms with Gasteiger partial charge in [-0.25, -0.2) is 9.07 Å². The standard InChI is InChI=1S/C12H13FN2O2/c1-9(16)8-17-10-6-14-15(7-10)12-5-3-2-4-11(12)13/h2-7,9,16H,8H2,1H3. The lowest BCUT2D eigenvalue weighted by Crippen LogP contribution is -2.12. The molecule has 1 N–H and O–H groups in total. The topological polar surface area (TPSA) is 47.3 Å². The largest absolute Gasteiger partial charge is 0.488 e. The number of para-hydroxylation sites is 1. The first-order chi connectivity index (χ1) is 8.16. The van der Waals surface area contributed by atoms with Crippen molar-refractivity contribution in [1.29, 1.82) is 0 Å². The van der Waals surface area contributed by atoms with Crippen LogP contribution in [0.5, 0.6) is 5.75 Å². The molecule has 0 bridgehead atoms. The molecule has 1 aromatic heterocycles. The Hall–Kier alpha value is -1.88. The van der Waals surface area contributed by atoms with E-state index in [9.17, 15) is 4.39 Å². The van der Waals surface area contributed by atoms with Crippen LogP contribution in [-0.2, 0) is 0 Å². The van der Waals surface area contributed by atoms with Gasteiger partial charge >= 0.3 is 0 Å². The third kappa shape index (κ3) is 2.82. The lowest BCUT2D eigenvalue weighted by molar-refractivity contribution is 0.122. The van der Waals surface area contributed by atoms with E-state index in [2.05, 4.69) is 5.10 Å². The summed E-state index contributed by atoms with van der Waals surface area (Å²) in [7, 11) is 0. The fourth-order valence-corrected chi connectivity index (χ4v) is 1.37. The van der Waals surface area contributed by atoms with E-state index in [-0.39, 0.29) is 12.4 Å². The maximum Gasteiger partial charge on any atom is 0.157 e. The fraction of sp³-hybridized carbons (Fsp3) is 0.250. The molecule has 0 aliphatic heterocycles. The van der Waals surface area contributed by atoms with Crippen LogP contribution >= 0.6 is 0 Å². The van der Waals surface area contributed by atoms with Gasteiger partial charge in [0.25, 0.3) is 0 Å². The van der Waals surface area contributed by atoms with Gasteiger partial charge in [-0.2, -0.15) is 5.10 Å². The third-order valence-electron chi connectivity index (χ3n) is 2.15. The first-order valence-corrected chi connectivity index (χ1v) is 5.27. The van der Waals surface area contributed by atoms with Crippen molar-refractivity contribution in [2.75, 3.05) is 6.61 Å². The minimum absolute atomic E-state index is 0.183. The van der Waals surface area contributed by atoms with Crippen molar-refractivity contribution in [2.24, 2.45) is 0 Å². The van der Waals surface area contributed by atoms with Gasteiger partial charge in [-0.15, -0.1) is 0 Å². The zero-order valence-corrected chi connectivity index (χ0v) is 9.38. The van der Waals surface area contributed by atoms with Gasteiger partial charge < -0.3 is 9.84 Å². The normalized spacial score (nSPS) is 12.4. The molecule has 0 saturated carbocycles. The molecule has 17 heavy (non-hydrogen) atoms. The van der Waals surface area contributed by atoms with Gasteiger partial charge in [-0.1, -0.05) is 12.1 Å². The molecule has 5 heteroatoms. The summed E-state index contributed by atoms with van der Waals surface area (Å²) in [4.78, 5) is 0. The zero-order valence-electron chi connectivity index (χ0n) is 9.38. The maximum absolute atomic E-state index is 13.5. The second-order valence-corrected chi connectivity index (χ2v) is 3.73. The number of aromatic nitrogens is 2. The molecule has 0 aliphatic rings. The summed E-state index contributed by atoms with van der Waals surface area (Å²) in [6.45, 7) is 1.81. The molecule has 1 atom stereocenters. The van der Waals surface area contributed by atoms with Crippen LogP contribution in [0, 0.1) is 5.82 Å². The highest BCUT2D eigenvalue weighted by atomic mass is 19.1. The van der Waals surface area contributed by atoms with Crippen molar-refractivity contribution in [3.8, 4) is 11.4 Å². The van der Waals surface area contributed by atoms with E-state index in [1.165, 1.54) is 16.9 Å². The van der Waals surface area contributed by atoms with Crippen LogP contribution in [0.1, 0.15) is 6.92 Å². The van der Waals surface area contributed by atoms with Crippen LogP contribution in [-0.4, -0.2) is 27.6 Å². The van der Waals surface area contributed by atoms with Crippen LogP contribution in [0.15, 0.2) is 36.7 Å². The van der Waals surface area contributed by atoms with Gasteiger partial charge in [0, 0.05) is 0 Å². The number of halogens is 1. The van der Waals surface area contributed by atoms with Crippen molar-refractivity contribution in [2.45, 2.75) is 13.0 Å². The smallest absolute Gasteiger partial charge is 0.157 e. The van der Waals surface area contributed by atoms with E-state index in [4.69, 9.17) is 9.84 Å². The summed E-state index contributed by atoms with van der Waals surface area (Å²) in [5, 5.41) is 13.1. The molecule has 0 aliphatic carbocycles. The summed E-state index contributed by atoms with van der Waals surface area (Å²) in [6, 6.07) is 6.34. The minimum atomic E-state index is -0.549. The van der Waals surface area contributed by atoms with Crippen LogP contribution in [0.4, 0.5) is 4.39 Å². The first kappa shape index (κ1) is 11.6. The number of aliphatic hydroxyl groups excluding tert-OH is 1. The summed E-state index contributed by atoms with van der Waals surface area (Å²) in [5.74, 6) is 0.145. The Morgan fingerprint density at radius 2 is 2.24 bits per heavy atom. The third-order valence-corrected chi connectivity index (χ3v) is 2.15. The quantitative estimate of drug-likeness (QED) is 0.880. The van der Waals surface area contributed by atoms with E-state index in [1.54, 1.807) is 31.3 Å². The number of hydrogen-bond acceptors (Lipinski definition) is 3. The van der Waals surface area contributed by atoms with Crippen LogP contribution in [0.25, 0.3) is 5.69 Å². The Kier molecular flexibility index (Phi) is 3.39. The Morgan fingerprint density at radius 3 is 2.94 bits per heavy atom. The molecular formula is C12H13FN2O2. The molecule has 2 aromatic rings. The van der Waals surface area contributed by atoms with E-state index < -0.39 is 6.10 Å². The van der Waals surface area contributed by atoms with Crippen molar-refractivity contribution in [1.82, 2.24) is 9.78 Å². The van der Waals surface area contributed by atoms with E-state index in [1.807, 2.05) is 0 Å². The van der Waals surface area contributed by atoms with E-state index in [0.717, 1.165) is 0 Å². The molecule has 0 spiro atoms. The molecule has 1 unspecified atom stereocenters. The molecule has 1 aromatic carbocycles. The van der Waals surface area contributed by atoms with Gasteiger partial charge in [-0.05, 0) is 19.1 Å². The van der Waals surface area contributed by atoms with Crippen LogP contribution < -0.4 is 4.74 Å². The Bertz CT molecular complexity index is 497. The molecule has 0 radical (unpaired) electrons. The highest BCUT2D eigenvalue weighted by molar-refractivity contribution is 5.33. The van der Waals surface area contributed by atoms with Gasteiger partial charge in [0.1, 0.15) is 18.1 Å². The first-order valence-electron chi connectivity index (χ1n) is 5.27. The van der Waals surface area contributed by atoms with Crippen molar-refractivity contribution >= 4 is 0 Å². The highest BCUT2D eigenvalue weighted by Crippen LogP contribution is 2.16. The number of rotatable bonds is 4. The van der Waals surface area contributed by atoms with Gasteiger partial charge in [0.2, 0.25) is 0 Å². The summed E-state index contributed by atoms with van der Waals surface area (Å²) < 4.78 is 20.1. The molecule has 4 nitrogen and oxygen atoms in total. The van der Waals surface area contributed by atoms with Crippen molar-refractivity contribution in [3.05, 3.63) is 42.5 Å². The van der Waals surface area contributed by atoms with Crippen LogP contribution in [0.3, 0.4) is 0 Å². The molecule has 0 amide bonds. The average Bonchev–Trinajstić information content (AvgIpc) is 2.75. The highest BCUT2D eigenvalue weighted by Gasteiger charge is 2.06. The number of aliphatic hydroxyl groups is 1. The summed E-state index contributed by atoms with van der Waals surface area (Å²) in [6.07, 6.45) is 2.50. The fourth-order valence-electron chi connectivity index (χ4n) is 1.37. The zero-order chi connectivity index (χ0) is 12.3. The number of hydrogen-bond donors (Lipinski definition) is 1. The molecule has 0 saturated heterocycles. The predicted molar refractivity (Wildman–Crippen MR) is 60.7 cm³/mol. The number of benzene rings is 1. The maximum atomic E-state index is 13.5. The summed E-state index contributed by atoms with van der Waals surface area (Å²) in [5.41, 5.74) is 0.361. The Morgan fingerprint density at radius 1 is 1.47 bits per heavy atom. The van der Waals surface area contributed by atoms with Gasteiger partial charge in [0.15, 0.2) is 5.75 Å². The second-order valence-electron chi connectivity index (χ2n) is 3.73. The molecule has 1 heterocycles. The van der Waals surface area contributed by atoms with Gasteiger partial charge in [-0.3, -0.25) is 0 Å². The van der Waals surface area contributed by atoms with E-state index in [0.29, 0.717) is 11.4 Å². The molecular weight excluding hydrogens is 223 g/mol.